The maximum atomic E-state index is 4.39. The lowest BCUT2D eigenvalue weighted by Gasteiger charge is -2.30. The van der Waals surface area contributed by atoms with Gasteiger partial charge in [-0.1, -0.05) is 0 Å². The summed E-state index contributed by atoms with van der Waals surface area (Å²) in [4.78, 5) is 6.82. The molecule has 0 unspecified atom stereocenters. The van der Waals surface area contributed by atoms with Gasteiger partial charge in [-0.15, -0.1) is 11.3 Å². The highest BCUT2D eigenvalue weighted by atomic mass is 32.1. The maximum absolute atomic E-state index is 4.39. The van der Waals surface area contributed by atoms with Crippen molar-refractivity contribution >= 4 is 11.3 Å². The lowest BCUT2D eigenvalue weighted by atomic mass is 9.99. The number of nitrogens with one attached hydrogen (secondary N) is 1. The van der Waals surface area contributed by atoms with Gasteiger partial charge >= 0.3 is 0 Å². The van der Waals surface area contributed by atoms with Crippen molar-refractivity contribution in [3.05, 3.63) is 16.6 Å². The molecule has 1 aliphatic rings. The fraction of sp³-hybridized carbons (Fsp3) is 0.750. The van der Waals surface area contributed by atoms with Crippen LogP contribution >= 0.6 is 11.3 Å². The summed E-state index contributed by atoms with van der Waals surface area (Å²) in [6.07, 6.45) is 4.58. The molecule has 1 aliphatic heterocycles. The second-order valence-corrected chi connectivity index (χ2v) is 5.62. The third-order valence-corrected chi connectivity index (χ3v) is 4.36. The van der Waals surface area contributed by atoms with E-state index in [1.54, 1.807) is 11.3 Å². The number of thiazole rings is 1. The zero-order chi connectivity index (χ0) is 11.4. The Balaban J connectivity index is 1.84. The van der Waals surface area contributed by atoms with Crippen LogP contribution in [0.2, 0.25) is 0 Å². The zero-order valence-electron chi connectivity index (χ0n) is 10.1. The molecule has 1 N–H and O–H groups in total. The highest BCUT2D eigenvalue weighted by Crippen LogP contribution is 2.22. The van der Waals surface area contributed by atoms with E-state index in [0.29, 0.717) is 6.04 Å². The minimum absolute atomic E-state index is 0.446. The first-order chi connectivity index (χ1) is 7.77. The molecule has 2 atom stereocenters. The molecule has 0 bridgehead atoms. The summed E-state index contributed by atoms with van der Waals surface area (Å²) in [5.41, 5.74) is 0. The van der Waals surface area contributed by atoms with Crippen LogP contribution in [-0.4, -0.2) is 36.6 Å². The molecule has 0 aromatic carbocycles. The molecule has 1 aromatic rings. The van der Waals surface area contributed by atoms with Crippen LogP contribution in [0.25, 0.3) is 0 Å². The van der Waals surface area contributed by atoms with Crippen molar-refractivity contribution in [3.63, 3.8) is 0 Å². The predicted octanol–water partition coefficient (Wildman–Crippen LogP) is 2.14. The number of piperidine rings is 1. The molecule has 2 heterocycles. The Morgan fingerprint density at radius 2 is 2.56 bits per heavy atom. The van der Waals surface area contributed by atoms with E-state index in [4.69, 9.17) is 0 Å². The standard InChI is InChI=1S/C12H21N3S/c1-10(12-14-6-7-16-12)15(2)9-11-4-3-5-13-8-11/h6-7,10-11,13H,3-5,8-9H2,1-2H3/t10-,11+/m0/s1. The van der Waals surface area contributed by atoms with Gasteiger partial charge in [-0.25, -0.2) is 4.98 Å². The summed E-state index contributed by atoms with van der Waals surface area (Å²) in [7, 11) is 2.21. The molecular weight excluding hydrogens is 218 g/mol. The molecule has 0 saturated carbocycles. The van der Waals surface area contributed by atoms with E-state index < -0.39 is 0 Å². The molecule has 0 aliphatic carbocycles. The van der Waals surface area contributed by atoms with E-state index in [0.717, 1.165) is 5.92 Å². The molecule has 1 aromatic heterocycles. The highest BCUT2D eigenvalue weighted by Gasteiger charge is 2.19. The van der Waals surface area contributed by atoms with Crippen molar-refractivity contribution in [2.24, 2.45) is 5.92 Å². The summed E-state index contributed by atoms with van der Waals surface area (Å²) < 4.78 is 0. The topological polar surface area (TPSA) is 28.2 Å². The van der Waals surface area contributed by atoms with E-state index in [1.807, 2.05) is 6.20 Å². The number of hydrogen-bond acceptors (Lipinski definition) is 4. The molecule has 2 rings (SSSR count). The number of nitrogens with zero attached hydrogens (tertiary/aromatic N) is 2. The second kappa shape index (κ2) is 5.75. The molecule has 3 nitrogen and oxygen atoms in total. The smallest absolute Gasteiger partial charge is 0.109 e. The van der Waals surface area contributed by atoms with Gasteiger partial charge in [-0.05, 0) is 45.8 Å². The van der Waals surface area contributed by atoms with Gasteiger partial charge in [0, 0.05) is 18.1 Å². The summed E-state index contributed by atoms with van der Waals surface area (Å²) in [5, 5.41) is 6.76. The third kappa shape index (κ3) is 3.03. The summed E-state index contributed by atoms with van der Waals surface area (Å²) in [5.74, 6) is 0.807. The molecule has 90 valence electrons. The monoisotopic (exact) mass is 239 g/mol. The molecular formula is C12H21N3S. The molecule has 1 fully saturated rings. The first-order valence-corrected chi connectivity index (χ1v) is 6.95. The number of hydrogen-bond donors (Lipinski definition) is 1. The molecule has 0 amide bonds. The van der Waals surface area contributed by atoms with Crippen molar-refractivity contribution in [1.29, 1.82) is 0 Å². The summed E-state index contributed by atoms with van der Waals surface area (Å²) >= 11 is 1.75. The first kappa shape index (κ1) is 12.0. The van der Waals surface area contributed by atoms with Crippen LogP contribution in [0.1, 0.15) is 30.8 Å². The van der Waals surface area contributed by atoms with Gasteiger partial charge in [-0.3, -0.25) is 4.90 Å². The Bertz CT molecular complexity index is 293. The van der Waals surface area contributed by atoms with Gasteiger partial charge in [0.2, 0.25) is 0 Å². The average molecular weight is 239 g/mol. The highest BCUT2D eigenvalue weighted by molar-refractivity contribution is 7.09. The average Bonchev–Trinajstić information content (AvgIpc) is 2.83. The van der Waals surface area contributed by atoms with Crippen LogP contribution in [0, 0.1) is 5.92 Å². The van der Waals surface area contributed by atoms with E-state index in [2.05, 4.69) is 34.6 Å². The fourth-order valence-corrected chi connectivity index (χ4v) is 3.03. The lowest BCUT2D eigenvalue weighted by molar-refractivity contribution is 0.199. The summed E-state index contributed by atoms with van der Waals surface area (Å²) in [6.45, 7) is 5.79. The molecule has 16 heavy (non-hydrogen) atoms. The Hall–Kier alpha value is -0.450. The van der Waals surface area contributed by atoms with Crippen LogP contribution in [0.15, 0.2) is 11.6 Å². The van der Waals surface area contributed by atoms with Crippen LogP contribution in [-0.2, 0) is 0 Å². The normalized spacial score (nSPS) is 23.6. The quantitative estimate of drug-likeness (QED) is 0.872. The van der Waals surface area contributed by atoms with E-state index in [-0.39, 0.29) is 0 Å². The number of rotatable bonds is 4. The van der Waals surface area contributed by atoms with Crippen molar-refractivity contribution in [3.8, 4) is 0 Å². The van der Waals surface area contributed by atoms with Crippen molar-refractivity contribution < 1.29 is 0 Å². The van der Waals surface area contributed by atoms with Gasteiger partial charge in [0.25, 0.3) is 0 Å². The van der Waals surface area contributed by atoms with Crippen LogP contribution in [0.5, 0.6) is 0 Å². The minimum atomic E-state index is 0.446. The van der Waals surface area contributed by atoms with Gasteiger partial charge in [0.15, 0.2) is 0 Å². The van der Waals surface area contributed by atoms with Gasteiger partial charge in [0.1, 0.15) is 5.01 Å². The van der Waals surface area contributed by atoms with Crippen molar-refractivity contribution in [2.45, 2.75) is 25.8 Å². The zero-order valence-corrected chi connectivity index (χ0v) is 11.0. The predicted molar refractivity (Wildman–Crippen MR) is 68.8 cm³/mol. The van der Waals surface area contributed by atoms with Crippen LogP contribution in [0.3, 0.4) is 0 Å². The number of aromatic nitrogens is 1. The lowest BCUT2D eigenvalue weighted by Crippen LogP contribution is -2.37. The fourth-order valence-electron chi connectivity index (χ4n) is 2.27. The maximum Gasteiger partial charge on any atom is 0.109 e. The Labute approximate surface area is 102 Å². The first-order valence-electron chi connectivity index (χ1n) is 6.07. The molecule has 0 spiro atoms. The van der Waals surface area contributed by atoms with E-state index in [1.165, 1.54) is 37.5 Å². The third-order valence-electron chi connectivity index (χ3n) is 3.42. The molecule has 1 saturated heterocycles. The minimum Gasteiger partial charge on any atom is -0.316 e. The second-order valence-electron chi connectivity index (χ2n) is 4.70. The Morgan fingerprint density at radius 3 is 3.19 bits per heavy atom. The molecule has 4 heteroatoms. The van der Waals surface area contributed by atoms with E-state index in [9.17, 15) is 0 Å². The van der Waals surface area contributed by atoms with Crippen molar-refractivity contribution in [1.82, 2.24) is 15.2 Å². The Kier molecular flexibility index (Phi) is 4.32. The summed E-state index contributed by atoms with van der Waals surface area (Å²) in [6, 6.07) is 0.446. The van der Waals surface area contributed by atoms with Crippen molar-refractivity contribution in [2.75, 3.05) is 26.7 Å². The van der Waals surface area contributed by atoms with Crippen LogP contribution in [0.4, 0.5) is 0 Å². The van der Waals surface area contributed by atoms with Crippen LogP contribution < -0.4 is 5.32 Å². The van der Waals surface area contributed by atoms with Gasteiger partial charge < -0.3 is 5.32 Å². The van der Waals surface area contributed by atoms with E-state index >= 15 is 0 Å². The largest absolute Gasteiger partial charge is 0.316 e. The van der Waals surface area contributed by atoms with Gasteiger partial charge in [-0.2, -0.15) is 0 Å². The SMILES string of the molecule is C[C@@H](c1nccs1)N(C)C[C@@H]1CCCNC1. The Morgan fingerprint density at radius 1 is 1.69 bits per heavy atom. The van der Waals surface area contributed by atoms with Gasteiger partial charge in [0.05, 0.1) is 6.04 Å². The molecule has 0 radical (unpaired) electrons.